The molecule has 0 aliphatic heterocycles. The molecule has 0 bridgehead atoms. The Kier molecular flexibility index (Phi) is 5.87. The fraction of sp³-hybridized carbons (Fsp3) is 0.0455. The molecule has 1 amide bonds. The van der Waals surface area contributed by atoms with Crippen molar-refractivity contribution in [1.82, 2.24) is 0 Å². The van der Waals surface area contributed by atoms with E-state index in [-0.39, 0.29) is 11.6 Å². The van der Waals surface area contributed by atoms with Gasteiger partial charge in [0.2, 0.25) is 0 Å². The van der Waals surface area contributed by atoms with Crippen molar-refractivity contribution in [3.05, 3.63) is 105 Å². The van der Waals surface area contributed by atoms with E-state index in [1.807, 2.05) is 37.3 Å². The third-order valence-electron chi connectivity index (χ3n) is 4.18. The van der Waals surface area contributed by atoms with Gasteiger partial charge < -0.3 is 5.32 Å². The lowest BCUT2D eigenvalue weighted by Gasteiger charge is -2.12. The molecule has 0 spiro atoms. The van der Waals surface area contributed by atoms with Gasteiger partial charge in [0, 0.05) is 28.4 Å². The van der Waals surface area contributed by atoms with Gasteiger partial charge in [0.05, 0.1) is 4.92 Å². The molecule has 28 heavy (non-hydrogen) atoms. The average Bonchev–Trinajstić information content (AvgIpc) is 2.69. The fourth-order valence-corrected chi connectivity index (χ4v) is 2.94. The van der Waals surface area contributed by atoms with Crippen LogP contribution >= 0.6 is 11.6 Å². The summed E-state index contributed by atoms with van der Waals surface area (Å²) in [6.45, 7) is 1.86. The minimum atomic E-state index is -0.457. The molecule has 0 unspecified atom stereocenters. The van der Waals surface area contributed by atoms with Gasteiger partial charge in [-0.15, -0.1) is 0 Å². The van der Waals surface area contributed by atoms with Crippen molar-refractivity contribution in [3.8, 4) is 0 Å². The summed E-state index contributed by atoms with van der Waals surface area (Å²) in [4.78, 5) is 23.4. The second-order valence-electron chi connectivity index (χ2n) is 6.19. The summed E-state index contributed by atoms with van der Waals surface area (Å²) >= 11 is 5.98. The second-order valence-corrected chi connectivity index (χ2v) is 6.62. The van der Waals surface area contributed by atoms with Crippen LogP contribution in [-0.4, -0.2) is 10.8 Å². The fourth-order valence-electron chi connectivity index (χ4n) is 2.71. The highest BCUT2D eigenvalue weighted by Gasteiger charge is 2.14. The lowest BCUT2D eigenvalue weighted by atomic mass is 10.0. The molecule has 3 aromatic rings. The Hall–Kier alpha value is -3.44. The van der Waals surface area contributed by atoms with Crippen LogP contribution in [0.1, 0.15) is 16.7 Å². The number of halogens is 1. The minimum absolute atomic E-state index is 0.000323. The number of benzene rings is 3. The lowest BCUT2D eigenvalue weighted by molar-refractivity contribution is -0.384. The van der Waals surface area contributed by atoms with Gasteiger partial charge in [-0.25, -0.2) is 0 Å². The van der Waals surface area contributed by atoms with E-state index in [1.165, 1.54) is 12.1 Å². The summed E-state index contributed by atoms with van der Waals surface area (Å²) in [5, 5.41) is 14.3. The molecular formula is C22H17ClN2O3. The Balaban J connectivity index is 1.97. The van der Waals surface area contributed by atoms with E-state index in [2.05, 4.69) is 5.32 Å². The van der Waals surface area contributed by atoms with Crippen LogP contribution in [0.4, 0.5) is 11.4 Å². The molecule has 1 N–H and O–H groups in total. The van der Waals surface area contributed by atoms with Crippen LogP contribution in [0.2, 0.25) is 5.02 Å². The number of hydrogen-bond acceptors (Lipinski definition) is 3. The highest BCUT2D eigenvalue weighted by atomic mass is 35.5. The number of nitrogens with zero attached hydrogens (tertiary/aromatic N) is 1. The smallest absolute Gasteiger partial charge is 0.269 e. The van der Waals surface area contributed by atoms with Gasteiger partial charge in [-0.05, 0) is 60.0 Å². The third-order valence-corrected chi connectivity index (χ3v) is 4.42. The molecule has 0 fully saturated rings. The van der Waals surface area contributed by atoms with Gasteiger partial charge in [-0.3, -0.25) is 14.9 Å². The number of nitro groups is 1. The molecule has 5 nitrogen and oxygen atoms in total. The molecule has 0 saturated carbocycles. The summed E-state index contributed by atoms with van der Waals surface area (Å²) < 4.78 is 0. The van der Waals surface area contributed by atoms with Crippen molar-refractivity contribution in [2.75, 3.05) is 5.32 Å². The van der Waals surface area contributed by atoms with Crippen molar-refractivity contribution < 1.29 is 9.72 Å². The number of anilines is 1. The number of nitro benzene ring substituents is 1. The third kappa shape index (κ3) is 4.64. The van der Waals surface area contributed by atoms with Gasteiger partial charge in [0.25, 0.3) is 11.6 Å². The summed E-state index contributed by atoms with van der Waals surface area (Å²) in [7, 11) is 0. The van der Waals surface area contributed by atoms with Crippen LogP contribution in [0.15, 0.2) is 72.8 Å². The summed E-state index contributed by atoms with van der Waals surface area (Å²) in [6.07, 6.45) is 1.71. The Bertz CT molecular complexity index is 1050. The van der Waals surface area contributed by atoms with Gasteiger partial charge in [0.15, 0.2) is 0 Å². The number of hydrogen-bond donors (Lipinski definition) is 1. The molecule has 0 aromatic heterocycles. The molecule has 0 radical (unpaired) electrons. The zero-order valence-electron chi connectivity index (χ0n) is 15.1. The Morgan fingerprint density at radius 1 is 1.04 bits per heavy atom. The average molecular weight is 393 g/mol. The number of aryl methyl sites for hydroxylation is 1. The standard InChI is InChI=1S/C22H17ClN2O3/c1-15-13-18(23)9-12-21(15)24-22(26)20(17-5-3-2-4-6-17)14-16-7-10-19(11-8-16)25(27)28/h2-14H,1H3,(H,24,26)/b20-14+. The summed E-state index contributed by atoms with van der Waals surface area (Å²) in [6, 6.07) is 20.5. The first kappa shape index (κ1) is 19.3. The molecule has 0 heterocycles. The molecule has 3 rings (SSSR count). The van der Waals surface area contributed by atoms with Crippen molar-refractivity contribution in [1.29, 1.82) is 0 Å². The van der Waals surface area contributed by atoms with Gasteiger partial charge in [0.1, 0.15) is 0 Å². The quantitative estimate of drug-likeness (QED) is 0.260. The molecule has 0 saturated heterocycles. The molecular weight excluding hydrogens is 376 g/mol. The van der Waals surface area contributed by atoms with E-state index in [9.17, 15) is 14.9 Å². The Morgan fingerprint density at radius 3 is 2.32 bits per heavy atom. The zero-order chi connectivity index (χ0) is 20.1. The zero-order valence-corrected chi connectivity index (χ0v) is 15.8. The Morgan fingerprint density at radius 2 is 1.71 bits per heavy atom. The van der Waals surface area contributed by atoms with Gasteiger partial charge in [-0.2, -0.15) is 0 Å². The van der Waals surface area contributed by atoms with Crippen LogP contribution in [0.5, 0.6) is 0 Å². The van der Waals surface area contributed by atoms with E-state index >= 15 is 0 Å². The second kappa shape index (κ2) is 8.50. The number of non-ortho nitro benzene ring substituents is 1. The highest BCUT2D eigenvalue weighted by molar-refractivity contribution is 6.31. The van der Waals surface area contributed by atoms with E-state index in [0.717, 1.165) is 11.1 Å². The maximum atomic E-state index is 13.0. The first-order chi connectivity index (χ1) is 13.4. The van der Waals surface area contributed by atoms with Crippen molar-refractivity contribution in [2.45, 2.75) is 6.92 Å². The van der Waals surface area contributed by atoms with Gasteiger partial charge in [-0.1, -0.05) is 41.9 Å². The van der Waals surface area contributed by atoms with E-state index < -0.39 is 4.92 Å². The number of rotatable bonds is 5. The van der Waals surface area contributed by atoms with Crippen LogP contribution in [0, 0.1) is 17.0 Å². The molecule has 0 atom stereocenters. The predicted octanol–water partition coefficient (Wildman–Crippen LogP) is 5.74. The lowest BCUT2D eigenvalue weighted by Crippen LogP contribution is -2.14. The van der Waals surface area contributed by atoms with Crippen LogP contribution < -0.4 is 5.32 Å². The first-order valence-electron chi connectivity index (χ1n) is 8.53. The predicted molar refractivity (Wildman–Crippen MR) is 112 cm³/mol. The SMILES string of the molecule is Cc1cc(Cl)ccc1NC(=O)/C(=C/c1ccc([N+](=O)[O-])cc1)c1ccccc1. The molecule has 0 aliphatic carbocycles. The van der Waals surface area contributed by atoms with E-state index in [4.69, 9.17) is 11.6 Å². The van der Waals surface area contributed by atoms with E-state index in [1.54, 1.807) is 36.4 Å². The molecule has 3 aromatic carbocycles. The first-order valence-corrected chi connectivity index (χ1v) is 8.91. The topological polar surface area (TPSA) is 72.2 Å². The maximum absolute atomic E-state index is 13.0. The minimum Gasteiger partial charge on any atom is -0.322 e. The Labute approximate surface area is 167 Å². The van der Waals surface area contributed by atoms with Crippen LogP contribution in [0.3, 0.4) is 0 Å². The van der Waals surface area contributed by atoms with E-state index in [0.29, 0.717) is 21.8 Å². The van der Waals surface area contributed by atoms with Crippen molar-refractivity contribution in [2.24, 2.45) is 0 Å². The number of carbonyl (C=O) groups excluding carboxylic acids is 1. The highest BCUT2D eigenvalue weighted by Crippen LogP contribution is 2.24. The summed E-state index contributed by atoms with van der Waals surface area (Å²) in [5.74, 6) is -0.282. The molecule has 6 heteroatoms. The molecule has 0 aliphatic rings. The monoisotopic (exact) mass is 392 g/mol. The van der Waals surface area contributed by atoms with Crippen LogP contribution in [-0.2, 0) is 4.79 Å². The number of amides is 1. The van der Waals surface area contributed by atoms with Crippen molar-refractivity contribution in [3.63, 3.8) is 0 Å². The number of nitrogens with one attached hydrogen (secondary N) is 1. The van der Waals surface area contributed by atoms with Gasteiger partial charge >= 0.3 is 0 Å². The van der Waals surface area contributed by atoms with Crippen molar-refractivity contribution >= 4 is 40.5 Å². The molecule has 140 valence electrons. The van der Waals surface area contributed by atoms with Crippen LogP contribution in [0.25, 0.3) is 11.6 Å². The maximum Gasteiger partial charge on any atom is 0.269 e. The number of carbonyl (C=O) groups is 1. The summed E-state index contributed by atoms with van der Waals surface area (Å²) in [5.41, 5.74) is 3.39. The largest absolute Gasteiger partial charge is 0.322 e. The normalized spacial score (nSPS) is 11.1.